The molecule has 0 saturated carbocycles. The van der Waals surface area contributed by atoms with Gasteiger partial charge in [-0.1, -0.05) is 12.2 Å². The Hall–Kier alpha value is -1.52. The van der Waals surface area contributed by atoms with Crippen LogP contribution in [-0.4, -0.2) is 61.9 Å². The van der Waals surface area contributed by atoms with E-state index < -0.39 is 0 Å². The summed E-state index contributed by atoms with van der Waals surface area (Å²) in [4.78, 5) is 19.7. The van der Waals surface area contributed by atoms with Gasteiger partial charge in [0, 0.05) is 33.7 Å². The second kappa shape index (κ2) is 7.03. The number of rotatable bonds is 4. The number of amides is 1. The van der Waals surface area contributed by atoms with Crippen LogP contribution in [0.25, 0.3) is 0 Å². The van der Waals surface area contributed by atoms with E-state index >= 15 is 0 Å². The van der Waals surface area contributed by atoms with Gasteiger partial charge in [0.2, 0.25) is 5.91 Å². The molecule has 0 spiro atoms. The van der Waals surface area contributed by atoms with Gasteiger partial charge >= 0.3 is 0 Å². The SMILES string of the molecule is C=C(C)CNC(=NCC(=O)N(C)C)N1CCCC1. The van der Waals surface area contributed by atoms with Gasteiger partial charge in [0.05, 0.1) is 0 Å². The van der Waals surface area contributed by atoms with Gasteiger partial charge in [-0.25, -0.2) is 4.99 Å². The summed E-state index contributed by atoms with van der Waals surface area (Å²) >= 11 is 0. The molecule has 0 aromatic heterocycles. The molecule has 1 heterocycles. The molecule has 102 valence electrons. The molecule has 5 heteroatoms. The summed E-state index contributed by atoms with van der Waals surface area (Å²) in [6.07, 6.45) is 2.38. The average molecular weight is 252 g/mol. The first kappa shape index (κ1) is 14.5. The number of carbonyl (C=O) groups is 1. The van der Waals surface area contributed by atoms with E-state index in [-0.39, 0.29) is 12.5 Å². The molecule has 0 atom stereocenters. The smallest absolute Gasteiger partial charge is 0.243 e. The molecule has 1 aliphatic rings. The molecule has 1 amide bonds. The largest absolute Gasteiger partial charge is 0.353 e. The van der Waals surface area contributed by atoms with Gasteiger partial charge in [0.1, 0.15) is 6.54 Å². The zero-order valence-corrected chi connectivity index (χ0v) is 11.7. The summed E-state index contributed by atoms with van der Waals surface area (Å²) in [7, 11) is 3.49. The van der Waals surface area contributed by atoms with Gasteiger partial charge < -0.3 is 15.1 Å². The average Bonchev–Trinajstić information content (AvgIpc) is 2.81. The van der Waals surface area contributed by atoms with Crippen molar-refractivity contribution < 1.29 is 4.79 Å². The maximum Gasteiger partial charge on any atom is 0.243 e. The van der Waals surface area contributed by atoms with Crippen molar-refractivity contribution in [1.29, 1.82) is 0 Å². The first-order chi connectivity index (χ1) is 8.50. The van der Waals surface area contributed by atoms with Crippen molar-refractivity contribution in [2.75, 3.05) is 40.3 Å². The number of hydrogen-bond donors (Lipinski definition) is 1. The standard InChI is InChI=1S/C13H24N4O/c1-11(2)9-14-13(17-7-5-6-8-17)15-10-12(18)16(3)4/h1,5-10H2,2-4H3,(H,14,15). The highest BCUT2D eigenvalue weighted by Crippen LogP contribution is 2.07. The van der Waals surface area contributed by atoms with E-state index in [1.165, 1.54) is 12.8 Å². The van der Waals surface area contributed by atoms with E-state index in [0.29, 0.717) is 6.54 Å². The van der Waals surface area contributed by atoms with Crippen molar-refractivity contribution in [1.82, 2.24) is 15.1 Å². The zero-order chi connectivity index (χ0) is 13.5. The summed E-state index contributed by atoms with van der Waals surface area (Å²) in [6.45, 7) is 8.76. The molecule has 1 aliphatic heterocycles. The van der Waals surface area contributed by atoms with Crippen LogP contribution >= 0.6 is 0 Å². The monoisotopic (exact) mass is 252 g/mol. The Morgan fingerprint density at radius 3 is 2.50 bits per heavy atom. The van der Waals surface area contributed by atoms with Gasteiger partial charge in [-0.2, -0.15) is 0 Å². The Balaban J connectivity index is 2.60. The molecule has 1 saturated heterocycles. The quantitative estimate of drug-likeness (QED) is 0.455. The van der Waals surface area contributed by atoms with Crippen LogP contribution in [0.5, 0.6) is 0 Å². The molecule has 18 heavy (non-hydrogen) atoms. The second-order valence-corrected chi connectivity index (χ2v) is 4.93. The highest BCUT2D eigenvalue weighted by atomic mass is 16.2. The topological polar surface area (TPSA) is 47.9 Å². The fraction of sp³-hybridized carbons (Fsp3) is 0.692. The number of hydrogen-bond acceptors (Lipinski definition) is 2. The first-order valence-corrected chi connectivity index (χ1v) is 6.38. The van der Waals surface area contributed by atoms with E-state index in [0.717, 1.165) is 24.6 Å². The fourth-order valence-electron chi connectivity index (χ4n) is 1.71. The summed E-state index contributed by atoms with van der Waals surface area (Å²) in [5, 5.41) is 3.26. The summed E-state index contributed by atoms with van der Waals surface area (Å²) in [5.74, 6) is 0.842. The number of likely N-dealkylation sites (N-methyl/N-ethyl adjacent to an activating group) is 1. The third-order valence-corrected chi connectivity index (χ3v) is 2.82. The number of aliphatic imine (C=N–C) groups is 1. The molecular weight excluding hydrogens is 228 g/mol. The normalized spacial score (nSPS) is 15.7. The minimum atomic E-state index is 0.0174. The van der Waals surface area contributed by atoms with Gasteiger partial charge in [-0.3, -0.25) is 4.79 Å². The minimum absolute atomic E-state index is 0.0174. The van der Waals surface area contributed by atoms with Crippen molar-refractivity contribution in [3.63, 3.8) is 0 Å². The van der Waals surface area contributed by atoms with E-state index in [9.17, 15) is 4.79 Å². The van der Waals surface area contributed by atoms with Crippen LogP contribution in [0.4, 0.5) is 0 Å². The first-order valence-electron chi connectivity index (χ1n) is 6.38. The molecule has 0 radical (unpaired) electrons. The fourth-order valence-corrected chi connectivity index (χ4v) is 1.71. The molecule has 0 aromatic carbocycles. The lowest BCUT2D eigenvalue weighted by Crippen LogP contribution is -2.41. The lowest BCUT2D eigenvalue weighted by Gasteiger charge is -2.21. The van der Waals surface area contributed by atoms with Crippen molar-refractivity contribution in [2.24, 2.45) is 4.99 Å². The van der Waals surface area contributed by atoms with E-state index in [1.807, 2.05) is 6.92 Å². The van der Waals surface area contributed by atoms with Gasteiger partial charge in [-0.05, 0) is 19.8 Å². The van der Waals surface area contributed by atoms with Crippen LogP contribution < -0.4 is 5.32 Å². The van der Waals surface area contributed by atoms with Crippen LogP contribution in [0.2, 0.25) is 0 Å². The summed E-state index contributed by atoms with van der Waals surface area (Å²) < 4.78 is 0. The molecule has 0 bridgehead atoms. The van der Waals surface area contributed by atoms with Crippen LogP contribution in [0.3, 0.4) is 0 Å². The summed E-state index contributed by atoms with van der Waals surface area (Å²) in [6, 6.07) is 0. The third kappa shape index (κ3) is 4.77. The number of likely N-dealkylation sites (tertiary alicyclic amines) is 1. The zero-order valence-electron chi connectivity index (χ0n) is 11.7. The van der Waals surface area contributed by atoms with Crippen molar-refractivity contribution in [3.05, 3.63) is 12.2 Å². The molecule has 1 N–H and O–H groups in total. The Kier molecular flexibility index (Phi) is 5.68. The highest BCUT2D eigenvalue weighted by Gasteiger charge is 2.16. The molecule has 0 unspecified atom stereocenters. The Morgan fingerprint density at radius 1 is 1.39 bits per heavy atom. The van der Waals surface area contributed by atoms with Crippen LogP contribution in [0.15, 0.2) is 17.1 Å². The number of carbonyl (C=O) groups excluding carboxylic acids is 1. The van der Waals surface area contributed by atoms with Gasteiger partial charge in [-0.15, -0.1) is 0 Å². The van der Waals surface area contributed by atoms with Crippen LogP contribution in [0, 0.1) is 0 Å². The van der Waals surface area contributed by atoms with Gasteiger partial charge in [0.15, 0.2) is 5.96 Å². The van der Waals surface area contributed by atoms with Gasteiger partial charge in [0.25, 0.3) is 0 Å². The number of nitrogens with zero attached hydrogens (tertiary/aromatic N) is 3. The lowest BCUT2D eigenvalue weighted by atomic mass is 10.3. The Labute approximate surface area is 110 Å². The van der Waals surface area contributed by atoms with Crippen LogP contribution in [0.1, 0.15) is 19.8 Å². The van der Waals surface area contributed by atoms with Crippen LogP contribution in [-0.2, 0) is 4.79 Å². The Morgan fingerprint density at radius 2 is 2.00 bits per heavy atom. The molecule has 0 aromatic rings. The molecule has 0 aliphatic carbocycles. The van der Waals surface area contributed by atoms with E-state index in [1.54, 1.807) is 19.0 Å². The maximum atomic E-state index is 11.6. The molecule has 1 fully saturated rings. The Bertz CT molecular complexity index is 330. The number of nitrogens with one attached hydrogen (secondary N) is 1. The minimum Gasteiger partial charge on any atom is -0.353 e. The maximum absolute atomic E-state index is 11.6. The predicted molar refractivity (Wildman–Crippen MR) is 74.6 cm³/mol. The second-order valence-electron chi connectivity index (χ2n) is 4.93. The molecule has 1 rings (SSSR count). The molecular formula is C13H24N4O. The van der Waals surface area contributed by atoms with E-state index in [4.69, 9.17) is 0 Å². The van der Waals surface area contributed by atoms with Crippen molar-refractivity contribution in [3.8, 4) is 0 Å². The van der Waals surface area contributed by atoms with Crippen molar-refractivity contribution >= 4 is 11.9 Å². The predicted octanol–water partition coefficient (Wildman–Crippen LogP) is 0.692. The highest BCUT2D eigenvalue weighted by molar-refractivity contribution is 5.85. The van der Waals surface area contributed by atoms with E-state index in [2.05, 4.69) is 21.8 Å². The third-order valence-electron chi connectivity index (χ3n) is 2.82. The number of guanidine groups is 1. The molecule has 5 nitrogen and oxygen atoms in total. The summed E-state index contributed by atoms with van der Waals surface area (Å²) in [5.41, 5.74) is 1.06. The lowest BCUT2D eigenvalue weighted by molar-refractivity contribution is -0.127. The van der Waals surface area contributed by atoms with Crippen molar-refractivity contribution in [2.45, 2.75) is 19.8 Å².